The second-order valence-corrected chi connectivity index (χ2v) is 3.47. The first-order chi connectivity index (χ1) is 6.16. The van der Waals surface area contributed by atoms with E-state index in [0.29, 0.717) is 22.0 Å². The van der Waals surface area contributed by atoms with Gasteiger partial charge in [-0.3, -0.25) is 0 Å². The third-order valence-electron chi connectivity index (χ3n) is 1.73. The van der Waals surface area contributed by atoms with Crippen LogP contribution in [0.2, 0.25) is 10.0 Å². The number of aliphatic hydroxyl groups is 1. The van der Waals surface area contributed by atoms with Crippen LogP contribution in [0, 0.1) is 0 Å². The van der Waals surface area contributed by atoms with Gasteiger partial charge in [0.25, 0.3) is 0 Å². The van der Waals surface area contributed by atoms with Crippen molar-refractivity contribution >= 4 is 23.2 Å². The maximum absolute atomic E-state index is 9.61. The molecule has 0 aliphatic rings. The van der Waals surface area contributed by atoms with Crippen LogP contribution in [0.3, 0.4) is 0 Å². The normalized spacial score (nSPS) is 12.5. The topological polar surface area (TPSA) is 20.2 Å². The van der Waals surface area contributed by atoms with Gasteiger partial charge >= 0.3 is 0 Å². The molecule has 1 nitrogen and oxygen atoms in total. The molecule has 0 heterocycles. The molecule has 0 saturated heterocycles. The summed E-state index contributed by atoms with van der Waals surface area (Å²) in [6, 6.07) is 5.20. The number of rotatable bonds is 3. The fourth-order valence-electron chi connectivity index (χ4n) is 1.06. The van der Waals surface area contributed by atoms with E-state index in [9.17, 15) is 5.11 Å². The van der Waals surface area contributed by atoms with Crippen molar-refractivity contribution in [3.63, 3.8) is 0 Å². The van der Waals surface area contributed by atoms with Crippen LogP contribution in [0.15, 0.2) is 30.9 Å². The lowest BCUT2D eigenvalue weighted by molar-refractivity contribution is 0.182. The molecule has 0 spiro atoms. The number of benzene rings is 1. The van der Waals surface area contributed by atoms with Crippen molar-refractivity contribution in [3.05, 3.63) is 46.5 Å². The molecule has 0 aliphatic heterocycles. The molecular formula is C10H10Cl2O. The molecule has 1 rings (SSSR count). The molecule has 1 atom stereocenters. The zero-order chi connectivity index (χ0) is 9.84. The minimum absolute atomic E-state index is 0.415. The number of hydrogen-bond acceptors (Lipinski definition) is 1. The summed E-state index contributed by atoms with van der Waals surface area (Å²) in [5, 5.41) is 10.5. The average molecular weight is 217 g/mol. The zero-order valence-corrected chi connectivity index (χ0v) is 8.52. The fourth-order valence-corrected chi connectivity index (χ4v) is 1.50. The van der Waals surface area contributed by atoms with E-state index in [0.717, 1.165) is 0 Å². The summed E-state index contributed by atoms with van der Waals surface area (Å²) >= 11 is 11.7. The van der Waals surface area contributed by atoms with Crippen LogP contribution < -0.4 is 0 Å². The standard InChI is InChI=1S/C10H10Cl2O/c1-2-4-9(13)7-5-3-6-8(11)10(7)12/h2-3,5-6,9,13H,1,4H2. The van der Waals surface area contributed by atoms with Gasteiger partial charge in [0.05, 0.1) is 16.1 Å². The highest BCUT2D eigenvalue weighted by atomic mass is 35.5. The lowest BCUT2D eigenvalue weighted by Gasteiger charge is -2.10. The summed E-state index contributed by atoms with van der Waals surface area (Å²) in [4.78, 5) is 0. The largest absolute Gasteiger partial charge is 0.388 e. The highest BCUT2D eigenvalue weighted by Crippen LogP contribution is 2.31. The van der Waals surface area contributed by atoms with Gasteiger partial charge < -0.3 is 5.11 Å². The quantitative estimate of drug-likeness (QED) is 0.767. The Morgan fingerprint density at radius 2 is 2.15 bits per heavy atom. The molecule has 0 bridgehead atoms. The first-order valence-corrected chi connectivity index (χ1v) is 4.65. The Bertz CT molecular complexity index is 310. The van der Waals surface area contributed by atoms with E-state index in [2.05, 4.69) is 6.58 Å². The van der Waals surface area contributed by atoms with Crippen molar-refractivity contribution in [1.82, 2.24) is 0 Å². The van der Waals surface area contributed by atoms with Gasteiger partial charge in [0, 0.05) is 5.56 Å². The van der Waals surface area contributed by atoms with Gasteiger partial charge in [0.2, 0.25) is 0 Å². The summed E-state index contributed by atoms with van der Waals surface area (Å²) in [5.74, 6) is 0. The van der Waals surface area contributed by atoms with Gasteiger partial charge in [0.1, 0.15) is 0 Å². The van der Waals surface area contributed by atoms with Crippen molar-refractivity contribution in [2.75, 3.05) is 0 Å². The summed E-state index contributed by atoms with van der Waals surface area (Å²) in [5.41, 5.74) is 0.647. The predicted octanol–water partition coefficient (Wildman–Crippen LogP) is 3.60. The molecule has 0 saturated carbocycles. The molecule has 1 aromatic carbocycles. The van der Waals surface area contributed by atoms with Crippen molar-refractivity contribution in [3.8, 4) is 0 Å². The Morgan fingerprint density at radius 3 is 2.77 bits per heavy atom. The average Bonchev–Trinajstić information content (AvgIpc) is 2.10. The number of aliphatic hydroxyl groups excluding tert-OH is 1. The van der Waals surface area contributed by atoms with E-state index in [1.165, 1.54) is 0 Å². The van der Waals surface area contributed by atoms with Crippen LogP contribution in [0.4, 0.5) is 0 Å². The van der Waals surface area contributed by atoms with Crippen LogP contribution in [-0.2, 0) is 0 Å². The van der Waals surface area contributed by atoms with Crippen LogP contribution in [-0.4, -0.2) is 5.11 Å². The minimum Gasteiger partial charge on any atom is -0.388 e. The molecular weight excluding hydrogens is 207 g/mol. The number of halogens is 2. The molecule has 0 radical (unpaired) electrons. The Balaban J connectivity index is 3.00. The smallest absolute Gasteiger partial charge is 0.0839 e. The maximum atomic E-state index is 9.61. The molecule has 0 fully saturated rings. The highest BCUT2D eigenvalue weighted by Gasteiger charge is 2.11. The Kier molecular flexibility index (Phi) is 3.79. The highest BCUT2D eigenvalue weighted by molar-refractivity contribution is 6.42. The molecule has 0 aliphatic carbocycles. The van der Waals surface area contributed by atoms with Crippen molar-refractivity contribution in [2.24, 2.45) is 0 Å². The first-order valence-electron chi connectivity index (χ1n) is 3.89. The van der Waals surface area contributed by atoms with Gasteiger partial charge in [-0.15, -0.1) is 6.58 Å². The number of hydrogen-bond donors (Lipinski definition) is 1. The van der Waals surface area contributed by atoms with E-state index < -0.39 is 6.10 Å². The zero-order valence-electron chi connectivity index (χ0n) is 7.00. The van der Waals surface area contributed by atoms with Crippen LogP contribution >= 0.6 is 23.2 Å². The summed E-state index contributed by atoms with van der Waals surface area (Å²) in [6.45, 7) is 3.54. The molecule has 13 heavy (non-hydrogen) atoms. The second kappa shape index (κ2) is 4.66. The molecule has 1 aromatic rings. The third-order valence-corrected chi connectivity index (χ3v) is 2.56. The lowest BCUT2D eigenvalue weighted by Crippen LogP contribution is -1.96. The molecule has 3 heteroatoms. The molecule has 70 valence electrons. The summed E-state index contributed by atoms with van der Waals surface area (Å²) < 4.78 is 0. The third kappa shape index (κ3) is 2.47. The molecule has 1 N–H and O–H groups in total. The van der Waals surface area contributed by atoms with E-state index in [1.54, 1.807) is 24.3 Å². The Hall–Kier alpha value is -0.500. The van der Waals surface area contributed by atoms with Crippen molar-refractivity contribution in [2.45, 2.75) is 12.5 Å². The molecule has 0 amide bonds. The molecule has 1 unspecified atom stereocenters. The van der Waals surface area contributed by atoms with Crippen LogP contribution in [0.25, 0.3) is 0 Å². The van der Waals surface area contributed by atoms with Crippen LogP contribution in [0.5, 0.6) is 0 Å². The van der Waals surface area contributed by atoms with Gasteiger partial charge in [-0.05, 0) is 12.5 Å². The first kappa shape index (κ1) is 10.6. The second-order valence-electron chi connectivity index (χ2n) is 2.68. The van der Waals surface area contributed by atoms with Gasteiger partial charge in [-0.2, -0.15) is 0 Å². The van der Waals surface area contributed by atoms with Gasteiger partial charge in [0.15, 0.2) is 0 Å². The lowest BCUT2D eigenvalue weighted by atomic mass is 10.1. The van der Waals surface area contributed by atoms with Gasteiger partial charge in [-0.25, -0.2) is 0 Å². The van der Waals surface area contributed by atoms with E-state index in [-0.39, 0.29) is 0 Å². The maximum Gasteiger partial charge on any atom is 0.0839 e. The van der Waals surface area contributed by atoms with E-state index in [1.807, 2.05) is 0 Å². The van der Waals surface area contributed by atoms with Gasteiger partial charge in [-0.1, -0.05) is 41.4 Å². The van der Waals surface area contributed by atoms with E-state index in [4.69, 9.17) is 23.2 Å². The van der Waals surface area contributed by atoms with Crippen molar-refractivity contribution in [1.29, 1.82) is 0 Å². The monoisotopic (exact) mass is 216 g/mol. The van der Waals surface area contributed by atoms with Crippen molar-refractivity contribution < 1.29 is 5.11 Å². The summed E-state index contributed by atoms with van der Waals surface area (Å²) in [7, 11) is 0. The summed E-state index contributed by atoms with van der Waals surface area (Å²) in [6.07, 6.45) is 1.49. The minimum atomic E-state index is -0.622. The van der Waals surface area contributed by atoms with Crippen LogP contribution in [0.1, 0.15) is 18.1 Å². The Morgan fingerprint density at radius 1 is 1.46 bits per heavy atom. The SMILES string of the molecule is C=CCC(O)c1cccc(Cl)c1Cl. The Labute approximate surface area is 87.6 Å². The van der Waals surface area contributed by atoms with E-state index >= 15 is 0 Å². The fraction of sp³-hybridized carbons (Fsp3) is 0.200. The predicted molar refractivity (Wildman–Crippen MR) is 56.2 cm³/mol. The molecule has 0 aromatic heterocycles.